The van der Waals surface area contributed by atoms with Gasteiger partial charge in [0.05, 0.1) is 22.7 Å². The van der Waals surface area contributed by atoms with Crippen molar-refractivity contribution in [2.24, 2.45) is 0 Å². The van der Waals surface area contributed by atoms with Gasteiger partial charge in [-0.15, -0.1) is 0 Å². The summed E-state index contributed by atoms with van der Waals surface area (Å²) in [5.41, 5.74) is 0.617. The van der Waals surface area contributed by atoms with E-state index < -0.39 is 6.04 Å². The summed E-state index contributed by atoms with van der Waals surface area (Å²) in [6, 6.07) is 4.59. The average Bonchev–Trinajstić information content (AvgIpc) is 2.55. The maximum atomic E-state index is 12.5. The minimum absolute atomic E-state index is 0.209. The number of carbonyl (C=O) groups is 1. The van der Waals surface area contributed by atoms with Gasteiger partial charge in [0.25, 0.3) is 0 Å². The smallest absolute Gasteiger partial charge is 0.317 e. The molecule has 0 radical (unpaired) electrons. The van der Waals surface area contributed by atoms with E-state index >= 15 is 0 Å². The number of benzene rings is 1. The number of halogens is 2. The molecule has 0 bridgehead atoms. The van der Waals surface area contributed by atoms with Crippen LogP contribution in [0.3, 0.4) is 0 Å². The molecule has 1 atom stereocenters. The second kappa shape index (κ2) is 8.20. The van der Waals surface area contributed by atoms with Crippen LogP contribution in [0.4, 0.5) is 4.79 Å². The molecule has 0 saturated carbocycles. The zero-order valence-corrected chi connectivity index (χ0v) is 14.9. The van der Waals surface area contributed by atoms with E-state index in [9.17, 15) is 9.90 Å². The van der Waals surface area contributed by atoms with Crippen LogP contribution < -0.4 is 5.32 Å². The molecule has 2 N–H and O–H groups in total. The van der Waals surface area contributed by atoms with Gasteiger partial charge in [-0.1, -0.05) is 35.3 Å². The second-order valence-electron chi connectivity index (χ2n) is 5.97. The van der Waals surface area contributed by atoms with Crippen LogP contribution in [0, 0.1) is 0 Å². The summed E-state index contributed by atoms with van der Waals surface area (Å²) in [4.78, 5) is 16.4. The average molecular weight is 360 g/mol. The largest absolute Gasteiger partial charge is 0.394 e. The maximum absolute atomic E-state index is 12.5. The third-order valence-corrected chi connectivity index (χ3v) is 5.23. The normalized spacial score (nSPS) is 17.8. The van der Waals surface area contributed by atoms with Gasteiger partial charge in [0, 0.05) is 13.1 Å². The van der Waals surface area contributed by atoms with E-state index in [1.54, 1.807) is 30.1 Å². The number of piperidine rings is 1. The number of rotatable bonds is 4. The van der Waals surface area contributed by atoms with Crippen molar-refractivity contribution in [3.63, 3.8) is 0 Å². The highest BCUT2D eigenvalue weighted by Gasteiger charge is 2.26. The van der Waals surface area contributed by atoms with Gasteiger partial charge in [-0.05, 0) is 44.6 Å². The van der Waals surface area contributed by atoms with Gasteiger partial charge in [0.1, 0.15) is 0 Å². The molecular weight excluding hydrogens is 337 g/mol. The number of hydrogen-bond acceptors (Lipinski definition) is 3. The van der Waals surface area contributed by atoms with Crippen molar-refractivity contribution in [3.8, 4) is 0 Å². The number of nitrogens with zero attached hydrogens (tertiary/aromatic N) is 2. The Hall–Kier alpha value is -1.01. The Morgan fingerprint density at radius 3 is 2.70 bits per heavy atom. The molecule has 1 aliphatic heterocycles. The van der Waals surface area contributed by atoms with Crippen LogP contribution >= 0.6 is 23.2 Å². The zero-order valence-electron chi connectivity index (χ0n) is 13.4. The summed E-state index contributed by atoms with van der Waals surface area (Å²) in [7, 11) is 3.87. The highest BCUT2D eigenvalue weighted by Crippen LogP contribution is 2.30. The molecule has 0 spiro atoms. The van der Waals surface area contributed by atoms with Crippen LogP contribution in [0.2, 0.25) is 10.0 Å². The number of likely N-dealkylation sites (tertiary alicyclic amines) is 1. The van der Waals surface area contributed by atoms with Crippen LogP contribution in [0.1, 0.15) is 24.4 Å². The minimum atomic E-state index is -0.581. The van der Waals surface area contributed by atoms with Gasteiger partial charge in [-0.25, -0.2) is 4.79 Å². The number of aliphatic hydroxyl groups excluding tert-OH is 1. The van der Waals surface area contributed by atoms with E-state index in [2.05, 4.69) is 17.3 Å². The van der Waals surface area contributed by atoms with Crippen molar-refractivity contribution >= 4 is 29.2 Å². The highest BCUT2D eigenvalue weighted by molar-refractivity contribution is 6.42. The molecule has 1 unspecified atom stereocenters. The summed E-state index contributed by atoms with van der Waals surface area (Å²) in [5.74, 6) is 0. The fraction of sp³-hybridized carbons (Fsp3) is 0.562. The molecule has 1 aromatic carbocycles. The molecule has 1 fully saturated rings. The van der Waals surface area contributed by atoms with E-state index in [4.69, 9.17) is 23.2 Å². The molecule has 1 saturated heterocycles. The Labute approximate surface area is 147 Å². The molecule has 1 aromatic rings. The van der Waals surface area contributed by atoms with Crippen molar-refractivity contribution in [2.75, 3.05) is 33.8 Å². The Bertz CT molecular complexity index is 548. The maximum Gasteiger partial charge on any atom is 0.317 e. The van der Waals surface area contributed by atoms with E-state index in [1.165, 1.54) is 0 Å². The standard InChI is InChI=1S/C16H23Cl2N3O2/c1-20-8-6-11(7-9-20)21(2)16(23)19-14(10-22)12-4-3-5-13(17)15(12)18/h3-5,11,14,22H,6-10H2,1-2H3,(H,19,23). The number of carbonyl (C=O) groups excluding carboxylic acids is 1. The molecule has 1 aliphatic rings. The third-order valence-electron chi connectivity index (χ3n) is 4.39. The number of nitrogens with one attached hydrogen (secondary N) is 1. The van der Waals surface area contributed by atoms with Gasteiger partial charge < -0.3 is 20.2 Å². The number of urea groups is 1. The minimum Gasteiger partial charge on any atom is -0.394 e. The monoisotopic (exact) mass is 359 g/mol. The lowest BCUT2D eigenvalue weighted by Gasteiger charge is -2.35. The molecule has 7 heteroatoms. The Morgan fingerprint density at radius 1 is 1.43 bits per heavy atom. The van der Waals surface area contributed by atoms with E-state index in [1.807, 2.05) is 0 Å². The summed E-state index contributed by atoms with van der Waals surface area (Å²) in [5, 5.41) is 13.2. The number of amides is 2. The SMILES string of the molecule is CN1CCC(N(C)C(=O)NC(CO)c2cccc(Cl)c2Cl)CC1. The van der Waals surface area contributed by atoms with Crippen molar-refractivity contribution in [2.45, 2.75) is 24.9 Å². The van der Waals surface area contributed by atoms with Crippen molar-refractivity contribution in [1.82, 2.24) is 15.1 Å². The Balaban J connectivity index is 2.03. The van der Waals surface area contributed by atoms with Gasteiger partial charge in [0.2, 0.25) is 0 Å². The van der Waals surface area contributed by atoms with Crippen LogP contribution in [-0.2, 0) is 0 Å². The lowest BCUT2D eigenvalue weighted by molar-refractivity contribution is 0.141. The Morgan fingerprint density at radius 2 is 2.09 bits per heavy atom. The van der Waals surface area contributed by atoms with Crippen LogP contribution in [0.25, 0.3) is 0 Å². The quantitative estimate of drug-likeness (QED) is 0.868. The molecule has 2 amide bonds. The van der Waals surface area contributed by atoms with Gasteiger partial charge in [0.15, 0.2) is 0 Å². The van der Waals surface area contributed by atoms with Gasteiger partial charge in [-0.3, -0.25) is 0 Å². The van der Waals surface area contributed by atoms with Gasteiger partial charge in [-0.2, -0.15) is 0 Å². The third kappa shape index (κ3) is 4.51. The topological polar surface area (TPSA) is 55.8 Å². The highest BCUT2D eigenvalue weighted by atomic mass is 35.5. The number of aliphatic hydroxyl groups is 1. The predicted molar refractivity (Wildman–Crippen MR) is 93.1 cm³/mol. The summed E-state index contributed by atoms with van der Waals surface area (Å²) in [6.45, 7) is 1.71. The lowest BCUT2D eigenvalue weighted by atomic mass is 10.0. The molecule has 2 rings (SSSR count). The first-order valence-corrected chi connectivity index (χ1v) is 8.46. The molecule has 5 nitrogen and oxygen atoms in total. The van der Waals surface area contributed by atoms with Crippen LogP contribution in [0.5, 0.6) is 0 Å². The first kappa shape index (κ1) is 18.3. The molecule has 0 aliphatic carbocycles. The molecule has 23 heavy (non-hydrogen) atoms. The first-order valence-electron chi connectivity index (χ1n) is 7.70. The fourth-order valence-electron chi connectivity index (χ4n) is 2.81. The summed E-state index contributed by atoms with van der Waals surface area (Å²) < 4.78 is 0. The van der Waals surface area contributed by atoms with Gasteiger partial charge >= 0.3 is 6.03 Å². The first-order chi connectivity index (χ1) is 10.9. The Kier molecular flexibility index (Phi) is 6.53. The van der Waals surface area contributed by atoms with Crippen molar-refractivity contribution in [3.05, 3.63) is 33.8 Å². The number of hydrogen-bond donors (Lipinski definition) is 2. The van der Waals surface area contributed by atoms with Crippen molar-refractivity contribution < 1.29 is 9.90 Å². The molecular formula is C16H23Cl2N3O2. The summed E-state index contributed by atoms with van der Waals surface area (Å²) >= 11 is 12.2. The lowest BCUT2D eigenvalue weighted by Crippen LogP contribution is -2.49. The second-order valence-corrected chi connectivity index (χ2v) is 6.76. The molecule has 1 heterocycles. The van der Waals surface area contributed by atoms with E-state index in [-0.39, 0.29) is 18.7 Å². The van der Waals surface area contributed by atoms with E-state index in [0.29, 0.717) is 15.6 Å². The van der Waals surface area contributed by atoms with E-state index in [0.717, 1.165) is 25.9 Å². The predicted octanol–water partition coefficient (Wildman–Crippen LogP) is 2.76. The van der Waals surface area contributed by atoms with Crippen molar-refractivity contribution in [1.29, 1.82) is 0 Å². The van der Waals surface area contributed by atoms with Crippen LogP contribution in [-0.4, -0.2) is 60.8 Å². The zero-order chi connectivity index (χ0) is 17.0. The summed E-state index contributed by atoms with van der Waals surface area (Å²) in [6.07, 6.45) is 1.89. The van der Waals surface area contributed by atoms with Crippen LogP contribution in [0.15, 0.2) is 18.2 Å². The molecule has 128 valence electrons. The fourth-order valence-corrected chi connectivity index (χ4v) is 3.25. The molecule has 0 aromatic heterocycles.